The highest BCUT2D eigenvalue weighted by Crippen LogP contribution is 2.17. The lowest BCUT2D eigenvalue weighted by molar-refractivity contribution is -0.119. The Morgan fingerprint density at radius 3 is 2.64 bits per heavy atom. The van der Waals surface area contributed by atoms with Gasteiger partial charge < -0.3 is 9.88 Å². The largest absolute Gasteiger partial charge is 0.340 e. The number of para-hydroxylation sites is 1. The van der Waals surface area contributed by atoms with Gasteiger partial charge in [0.05, 0.1) is 15.8 Å². The van der Waals surface area contributed by atoms with E-state index in [1.165, 1.54) is 11.3 Å². The molecule has 3 rings (SSSR count). The molecule has 0 radical (unpaired) electrons. The Morgan fingerprint density at radius 1 is 1.21 bits per heavy atom. The normalized spacial score (nSPS) is 12.9. The van der Waals surface area contributed by atoms with Crippen molar-refractivity contribution in [3.8, 4) is 0 Å². The third kappa shape index (κ3) is 4.74. The van der Waals surface area contributed by atoms with E-state index in [4.69, 9.17) is 0 Å². The molecule has 1 unspecified atom stereocenters. The monoisotopic (exact) mass is 477 g/mol. The van der Waals surface area contributed by atoms with Crippen molar-refractivity contribution in [1.29, 1.82) is 0 Å². The second-order valence-corrected chi connectivity index (χ2v) is 9.00. The van der Waals surface area contributed by atoms with Crippen molar-refractivity contribution < 1.29 is 9.59 Å². The summed E-state index contributed by atoms with van der Waals surface area (Å²) in [6.45, 7) is 0. The van der Waals surface area contributed by atoms with Crippen molar-refractivity contribution in [2.24, 2.45) is 12.0 Å². The second kappa shape index (κ2) is 9.54. The van der Waals surface area contributed by atoms with Crippen molar-refractivity contribution in [3.63, 3.8) is 0 Å². The van der Waals surface area contributed by atoms with Crippen LogP contribution >= 0.6 is 39.0 Å². The number of nitrogens with one attached hydrogen (secondary N) is 1. The molecule has 0 bridgehead atoms. The van der Waals surface area contributed by atoms with E-state index in [-0.39, 0.29) is 11.8 Å². The van der Waals surface area contributed by atoms with E-state index in [1.807, 2.05) is 48.2 Å². The quantitative estimate of drug-likeness (QED) is 0.583. The fourth-order valence-electron chi connectivity index (χ4n) is 2.73. The molecule has 0 saturated heterocycles. The van der Waals surface area contributed by atoms with E-state index in [0.717, 1.165) is 16.0 Å². The minimum atomic E-state index is -0.669. The van der Waals surface area contributed by atoms with Crippen LogP contribution in [0.25, 0.3) is 10.2 Å². The Balaban J connectivity index is 1.88. The third-order valence-corrected chi connectivity index (χ3v) is 6.70. The van der Waals surface area contributed by atoms with Crippen LogP contribution in [0.15, 0.2) is 58.0 Å². The number of aryl methyl sites for hydroxylation is 1. The van der Waals surface area contributed by atoms with Gasteiger partial charge >= 0.3 is 0 Å². The van der Waals surface area contributed by atoms with E-state index in [1.54, 1.807) is 30.0 Å². The fourth-order valence-corrected chi connectivity index (χ4v) is 4.69. The van der Waals surface area contributed by atoms with Crippen molar-refractivity contribution in [2.75, 3.05) is 12.0 Å². The number of halogens is 1. The number of carbonyl (C=O) groups excluding carboxylic acids is 2. The van der Waals surface area contributed by atoms with Crippen LogP contribution < -0.4 is 10.1 Å². The number of rotatable bonds is 6. The first kappa shape index (κ1) is 20.8. The number of carbonyl (C=O) groups is 2. The Hall–Kier alpha value is -1.90. The highest BCUT2D eigenvalue weighted by atomic mass is 79.9. The van der Waals surface area contributed by atoms with Crippen molar-refractivity contribution >= 4 is 61.1 Å². The van der Waals surface area contributed by atoms with Gasteiger partial charge in [-0.25, -0.2) is 0 Å². The van der Waals surface area contributed by atoms with Gasteiger partial charge in [-0.15, -0.1) is 0 Å². The summed E-state index contributed by atoms with van der Waals surface area (Å²) in [5, 5.41) is 2.85. The van der Waals surface area contributed by atoms with Gasteiger partial charge in [-0.3, -0.25) is 9.59 Å². The summed E-state index contributed by atoms with van der Waals surface area (Å²) in [4.78, 5) is 30.5. The molecule has 0 saturated carbocycles. The zero-order valence-corrected chi connectivity index (χ0v) is 18.7. The molecule has 1 atom stereocenters. The van der Waals surface area contributed by atoms with E-state index < -0.39 is 6.04 Å². The number of nitrogens with zero attached hydrogens (tertiary/aromatic N) is 2. The Morgan fingerprint density at radius 2 is 1.93 bits per heavy atom. The first-order valence-electron chi connectivity index (χ1n) is 8.68. The predicted octanol–water partition coefficient (Wildman–Crippen LogP) is 3.98. The summed E-state index contributed by atoms with van der Waals surface area (Å²) in [7, 11) is 1.89. The first-order chi connectivity index (χ1) is 13.5. The lowest BCUT2D eigenvalue weighted by Crippen LogP contribution is -2.41. The maximum absolute atomic E-state index is 12.9. The van der Waals surface area contributed by atoms with Gasteiger partial charge in [-0.05, 0) is 58.6 Å². The van der Waals surface area contributed by atoms with Crippen LogP contribution in [0.2, 0.25) is 0 Å². The summed E-state index contributed by atoms with van der Waals surface area (Å²) in [5.41, 5.74) is 1.52. The second-order valence-electron chi connectivity index (χ2n) is 6.15. The van der Waals surface area contributed by atoms with Gasteiger partial charge in [-0.2, -0.15) is 16.8 Å². The number of thiazole rings is 1. The number of hydrogen-bond donors (Lipinski definition) is 1. The Bertz CT molecular complexity index is 1070. The molecule has 146 valence electrons. The smallest absolute Gasteiger partial charge is 0.270 e. The predicted molar refractivity (Wildman–Crippen MR) is 120 cm³/mol. The van der Waals surface area contributed by atoms with E-state index in [9.17, 15) is 9.59 Å². The maximum Gasteiger partial charge on any atom is 0.270 e. The fraction of sp³-hybridized carbons (Fsp3) is 0.250. The number of benzene rings is 2. The molecule has 8 heteroatoms. The molecule has 1 heterocycles. The summed E-state index contributed by atoms with van der Waals surface area (Å²) >= 11 is 6.48. The molecular formula is C20H20BrN3O2S2. The maximum atomic E-state index is 12.9. The number of thioether (sulfide) groups is 1. The molecule has 5 nitrogen and oxygen atoms in total. The van der Waals surface area contributed by atoms with Gasteiger partial charge in [-0.1, -0.05) is 35.6 Å². The Kier molecular flexibility index (Phi) is 7.09. The third-order valence-electron chi connectivity index (χ3n) is 4.25. The highest BCUT2D eigenvalue weighted by Gasteiger charge is 2.22. The van der Waals surface area contributed by atoms with Gasteiger partial charge in [0.25, 0.3) is 11.8 Å². The number of hydrogen-bond acceptors (Lipinski definition) is 4. The first-order valence-corrected chi connectivity index (χ1v) is 11.7. The van der Waals surface area contributed by atoms with Crippen LogP contribution in [-0.2, 0) is 11.8 Å². The number of aromatic nitrogens is 1. The zero-order valence-electron chi connectivity index (χ0n) is 15.5. The average molecular weight is 478 g/mol. The van der Waals surface area contributed by atoms with E-state index in [2.05, 4.69) is 26.2 Å². The molecule has 2 aromatic carbocycles. The van der Waals surface area contributed by atoms with Crippen LogP contribution in [0.5, 0.6) is 0 Å². The summed E-state index contributed by atoms with van der Waals surface area (Å²) < 4.78 is 3.66. The van der Waals surface area contributed by atoms with Gasteiger partial charge in [0.1, 0.15) is 6.04 Å². The van der Waals surface area contributed by atoms with Crippen molar-refractivity contribution in [1.82, 2.24) is 9.88 Å². The lowest BCUT2D eigenvalue weighted by atomic mass is 10.1. The van der Waals surface area contributed by atoms with Crippen LogP contribution in [0, 0.1) is 0 Å². The standard InChI is InChI=1S/C20H20BrN3O2S2/c1-24-16-9-5-6-10-17(16)28-20(24)23-19(26)15(11-12-27-2)22-18(25)13-7-3-4-8-14(13)21/h3-10,15H,11-12H2,1-2H3,(H,22,25). The summed E-state index contributed by atoms with van der Waals surface area (Å²) in [6, 6.07) is 14.4. The molecule has 2 amide bonds. The minimum absolute atomic E-state index is 0.289. The van der Waals surface area contributed by atoms with Gasteiger partial charge in [0.15, 0.2) is 4.80 Å². The number of amides is 2. The van der Waals surface area contributed by atoms with Gasteiger partial charge in [0, 0.05) is 11.5 Å². The molecule has 0 fully saturated rings. The minimum Gasteiger partial charge on any atom is -0.340 e. The van der Waals surface area contributed by atoms with Crippen molar-refractivity contribution in [2.45, 2.75) is 12.5 Å². The highest BCUT2D eigenvalue weighted by molar-refractivity contribution is 9.10. The molecule has 3 aromatic rings. The molecule has 0 aliphatic heterocycles. The molecule has 1 N–H and O–H groups in total. The SMILES string of the molecule is CSCCC(NC(=O)c1ccccc1Br)C(=O)N=c1sc2ccccc2n1C. The van der Waals surface area contributed by atoms with E-state index in [0.29, 0.717) is 21.3 Å². The van der Waals surface area contributed by atoms with Gasteiger partial charge in [0.2, 0.25) is 0 Å². The summed E-state index contributed by atoms with van der Waals surface area (Å²) in [5.74, 6) is 0.125. The zero-order chi connectivity index (χ0) is 20.1. The van der Waals surface area contributed by atoms with Crippen LogP contribution in [0.3, 0.4) is 0 Å². The molecule has 28 heavy (non-hydrogen) atoms. The molecule has 0 spiro atoms. The number of fused-ring (bicyclic) bond motifs is 1. The Labute approximate surface area is 180 Å². The average Bonchev–Trinajstić information content (AvgIpc) is 3.01. The van der Waals surface area contributed by atoms with Crippen LogP contribution in [0.1, 0.15) is 16.8 Å². The topological polar surface area (TPSA) is 63.5 Å². The lowest BCUT2D eigenvalue weighted by Gasteiger charge is -2.15. The molecule has 0 aliphatic carbocycles. The van der Waals surface area contributed by atoms with Crippen LogP contribution in [-0.4, -0.2) is 34.4 Å². The molecule has 1 aromatic heterocycles. The molecule has 0 aliphatic rings. The van der Waals surface area contributed by atoms with E-state index >= 15 is 0 Å². The van der Waals surface area contributed by atoms with Crippen LogP contribution in [0.4, 0.5) is 0 Å². The summed E-state index contributed by atoms with van der Waals surface area (Å²) in [6.07, 6.45) is 2.49. The molecular weight excluding hydrogens is 458 g/mol. The van der Waals surface area contributed by atoms with Crippen molar-refractivity contribution in [3.05, 3.63) is 63.4 Å².